The molecule has 0 aliphatic carbocycles. The van der Waals surface area contributed by atoms with Crippen molar-refractivity contribution in [2.75, 3.05) is 26.8 Å². The smallest absolute Gasteiger partial charge is 0.228 e. The second-order valence-electron chi connectivity index (χ2n) is 6.09. The van der Waals surface area contributed by atoms with Crippen molar-refractivity contribution in [2.24, 2.45) is 5.92 Å². The summed E-state index contributed by atoms with van der Waals surface area (Å²) in [4.78, 5) is 28.5. The summed E-state index contributed by atoms with van der Waals surface area (Å²) in [5.74, 6) is -0.133. The first kappa shape index (κ1) is 17.5. The lowest BCUT2D eigenvalue weighted by molar-refractivity contribution is -0.136. The standard InChI is InChI=1S/C18H26N2O3/c1-4-19(11-15-8-6-5-7-9-15)18(22)16-10-17(21)20(12-16)14(2)13-23-3/h5-9,14,16H,4,10-13H2,1-3H3/t14-,16-/m1/s1. The fourth-order valence-electron chi connectivity index (χ4n) is 3.06. The second kappa shape index (κ2) is 8.11. The van der Waals surface area contributed by atoms with E-state index < -0.39 is 0 Å². The normalized spacial score (nSPS) is 19.0. The maximum atomic E-state index is 12.8. The van der Waals surface area contributed by atoms with Crippen LogP contribution in [-0.4, -0.2) is 54.5 Å². The molecule has 1 fully saturated rings. The van der Waals surface area contributed by atoms with Gasteiger partial charge < -0.3 is 14.5 Å². The van der Waals surface area contributed by atoms with Crippen molar-refractivity contribution < 1.29 is 14.3 Å². The molecular formula is C18H26N2O3. The number of ether oxygens (including phenoxy) is 1. The van der Waals surface area contributed by atoms with Gasteiger partial charge in [-0.25, -0.2) is 0 Å². The molecule has 1 heterocycles. The largest absolute Gasteiger partial charge is 0.383 e. The lowest BCUT2D eigenvalue weighted by atomic mass is 10.1. The maximum Gasteiger partial charge on any atom is 0.228 e. The maximum absolute atomic E-state index is 12.8. The van der Waals surface area contributed by atoms with Crippen LogP contribution in [0, 0.1) is 5.92 Å². The lowest BCUT2D eigenvalue weighted by Crippen LogP contribution is -2.40. The summed E-state index contributed by atoms with van der Waals surface area (Å²) in [6.45, 7) is 6.15. The van der Waals surface area contributed by atoms with Crippen LogP contribution in [0.1, 0.15) is 25.8 Å². The highest BCUT2D eigenvalue weighted by Gasteiger charge is 2.38. The second-order valence-corrected chi connectivity index (χ2v) is 6.09. The van der Waals surface area contributed by atoms with E-state index in [1.54, 1.807) is 12.0 Å². The molecule has 126 valence electrons. The molecule has 1 aliphatic rings. The fourth-order valence-corrected chi connectivity index (χ4v) is 3.06. The average molecular weight is 318 g/mol. The number of amides is 2. The summed E-state index contributed by atoms with van der Waals surface area (Å²) < 4.78 is 5.12. The Balaban J connectivity index is 2.00. The first-order chi connectivity index (χ1) is 11.1. The minimum Gasteiger partial charge on any atom is -0.383 e. The molecule has 1 aromatic carbocycles. The molecule has 0 N–H and O–H groups in total. The van der Waals surface area contributed by atoms with E-state index >= 15 is 0 Å². The van der Waals surface area contributed by atoms with Gasteiger partial charge in [0.1, 0.15) is 0 Å². The van der Waals surface area contributed by atoms with E-state index in [0.717, 1.165) is 5.56 Å². The van der Waals surface area contributed by atoms with Crippen LogP contribution >= 0.6 is 0 Å². The van der Waals surface area contributed by atoms with E-state index in [9.17, 15) is 9.59 Å². The van der Waals surface area contributed by atoms with Gasteiger partial charge in [-0.15, -0.1) is 0 Å². The zero-order chi connectivity index (χ0) is 16.8. The molecular weight excluding hydrogens is 292 g/mol. The molecule has 1 aromatic rings. The summed E-state index contributed by atoms with van der Waals surface area (Å²) >= 11 is 0. The number of carbonyl (C=O) groups is 2. The van der Waals surface area contributed by atoms with E-state index in [4.69, 9.17) is 4.74 Å². The average Bonchev–Trinajstić information content (AvgIpc) is 2.95. The summed E-state index contributed by atoms with van der Waals surface area (Å²) in [5, 5.41) is 0. The highest BCUT2D eigenvalue weighted by Crippen LogP contribution is 2.23. The molecule has 0 bridgehead atoms. The Hall–Kier alpha value is -1.88. The molecule has 0 unspecified atom stereocenters. The summed E-state index contributed by atoms with van der Waals surface area (Å²) in [6, 6.07) is 9.95. The first-order valence-electron chi connectivity index (χ1n) is 8.17. The lowest BCUT2D eigenvalue weighted by Gasteiger charge is -2.26. The van der Waals surface area contributed by atoms with Crippen LogP contribution in [0.4, 0.5) is 0 Å². The number of likely N-dealkylation sites (tertiary alicyclic amines) is 1. The molecule has 0 aromatic heterocycles. The van der Waals surface area contributed by atoms with Gasteiger partial charge in [-0.1, -0.05) is 30.3 Å². The highest BCUT2D eigenvalue weighted by atomic mass is 16.5. The van der Waals surface area contributed by atoms with Gasteiger partial charge in [0.15, 0.2) is 0 Å². The first-order valence-corrected chi connectivity index (χ1v) is 8.17. The van der Waals surface area contributed by atoms with Crippen LogP contribution in [0.5, 0.6) is 0 Å². The van der Waals surface area contributed by atoms with Crippen molar-refractivity contribution in [3.63, 3.8) is 0 Å². The molecule has 2 amide bonds. The number of hydrogen-bond donors (Lipinski definition) is 0. The minimum absolute atomic E-state index is 0.00880. The molecule has 2 atom stereocenters. The summed E-state index contributed by atoms with van der Waals surface area (Å²) in [7, 11) is 1.62. The molecule has 5 nitrogen and oxygen atoms in total. The Kier molecular flexibility index (Phi) is 6.16. The van der Waals surface area contributed by atoms with Gasteiger partial charge in [-0.05, 0) is 19.4 Å². The Morgan fingerprint density at radius 1 is 1.39 bits per heavy atom. The molecule has 23 heavy (non-hydrogen) atoms. The van der Waals surface area contributed by atoms with Crippen molar-refractivity contribution >= 4 is 11.8 Å². The van der Waals surface area contributed by atoms with Crippen molar-refractivity contribution in [2.45, 2.75) is 32.9 Å². The van der Waals surface area contributed by atoms with Gasteiger partial charge in [-0.2, -0.15) is 0 Å². The van der Waals surface area contributed by atoms with Crippen molar-refractivity contribution in [1.29, 1.82) is 0 Å². The van der Waals surface area contributed by atoms with Gasteiger partial charge >= 0.3 is 0 Å². The number of hydrogen-bond acceptors (Lipinski definition) is 3. The van der Waals surface area contributed by atoms with Crippen LogP contribution in [0.25, 0.3) is 0 Å². The van der Waals surface area contributed by atoms with Crippen LogP contribution < -0.4 is 0 Å². The molecule has 5 heteroatoms. The predicted octanol–water partition coefficient (Wildman–Crippen LogP) is 1.92. The van der Waals surface area contributed by atoms with Crippen LogP contribution in [0.2, 0.25) is 0 Å². The zero-order valence-electron chi connectivity index (χ0n) is 14.2. The van der Waals surface area contributed by atoms with E-state index in [-0.39, 0.29) is 23.8 Å². The van der Waals surface area contributed by atoms with Crippen LogP contribution in [-0.2, 0) is 20.9 Å². The van der Waals surface area contributed by atoms with E-state index in [2.05, 4.69) is 0 Å². The van der Waals surface area contributed by atoms with Gasteiger partial charge in [0.2, 0.25) is 11.8 Å². The summed E-state index contributed by atoms with van der Waals surface area (Å²) in [5.41, 5.74) is 1.11. The van der Waals surface area contributed by atoms with Crippen molar-refractivity contribution in [3.05, 3.63) is 35.9 Å². The Labute approximate surface area is 138 Å². The molecule has 0 spiro atoms. The molecule has 2 rings (SSSR count). The quantitative estimate of drug-likeness (QED) is 0.772. The van der Waals surface area contributed by atoms with Crippen molar-refractivity contribution in [3.8, 4) is 0 Å². The fraction of sp³-hybridized carbons (Fsp3) is 0.556. The highest BCUT2D eigenvalue weighted by molar-refractivity contribution is 5.89. The Bertz CT molecular complexity index is 532. The van der Waals surface area contributed by atoms with Crippen LogP contribution in [0.15, 0.2) is 30.3 Å². The molecule has 1 saturated heterocycles. The summed E-state index contributed by atoms with van der Waals surface area (Å²) in [6.07, 6.45) is 0.304. The third-order valence-electron chi connectivity index (χ3n) is 4.36. The Morgan fingerprint density at radius 3 is 2.70 bits per heavy atom. The van der Waals surface area contributed by atoms with E-state index in [1.807, 2.05) is 49.1 Å². The number of carbonyl (C=O) groups excluding carboxylic acids is 2. The van der Waals surface area contributed by atoms with E-state index in [0.29, 0.717) is 32.7 Å². The topological polar surface area (TPSA) is 49.9 Å². The predicted molar refractivity (Wildman–Crippen MR) is 88.7 cm³/mol. The van der Waals surface area contributed by atoms with Gasteiger partial charge in [-0.3, -0.25) is 9.59 Å². The van der Waals surface area contributed by atoms with Gasteiger partial charge in [0.25, 0.3) is 0 Å². The van der Waals surface area contributed by atoms with Gasteiger partial charge in [0, 0.05) is 33.2 Å². The molecule has 0 saturated carbocycles. The molecule has 0 radical (unpaired) electrons. The van der Waals surface area contributed by atoms with Crippen LogP contribution in [0.3, 0.4) is 0 Å². The third kappa shape index (κ3) is 4.32. The molecule has 1 aliphatic heterocycles. The van der Waals surface area contributed by atoms with Crippen molar-refractivity contribution in [1.82, 2.24) is 9.80 Å². The monoisotopic (exact) mass is 318 g/mol. The Morgan fingerprint density at radius 2 is 2.09 bits per heavy atom. The number of nitrogens with zero attached hydrogens (tertiary/aromatic N) is 2. The SMILES string of the molecule is CCN(Cc1ccccc1)C(=O)[C@@H]1CC(=O)N([C@H](C)COC)C1. The number of rotatable bonds is 7. The minimum atomic E-state index is -0.245. The van der Waals surface area contributed by atoms with E-state index in [1.165, 1.54) is 0 Å². The zero-order valence-corrected chi connectivity index (χ0v) is 14.2. The third-order valence-corrected chi connectivity index (χ3v) is 4.36. The van der Waals surface area contributed by atoms with Gasteiger partial charge in [0.05, 0.1) is 18.6 Å². The number of benzene rings is 1. The number of methoxy groups -OCH3 is 1.